The minimum absolute atomic E-state index is 0.134. The van der Waals surface area contributed by atoms with Crippen LogP contribution in [-0.2, 0) is 28.6 Å². The van der Waals surface area contributed by atoms with E-state index in [0.29, 0.717) is 19.3 Å². The molecular formula is C66H98O6. The van der Waals surface area contributed by atoms with Gasteiger partial charge in [0, 0.05) is 19.3 Å². The molecule has 6 heteroatoms. The van der Waals surface area contributed by atoms with Crippen molar-refractivity contribution in [1.29, 1.82) is 0 Å². The molecule has 0 aliphatic carbocycles. The van der Waals surface area contributed by atoms with Gasteiger partial charge >= 0.3 is 17.9 Å². The quantitative estimate of drug-likeness (QED) is 0.0199. The third-order valence-corrected chi connectivity index (χ3v) is 10.7. The molecule has 0 saturated carbocycles. The maximum Gasteiger partial charge on any atom is 0.306 e. The Kier molecular flexibility index (Phi) is 53.7. The van der Waals surface area contributed by atoms with Crippen LogP contribution in [-0.4, -0.2) is 37.2 Å². The summed E-state index contributed by atoms with van der Waals surface area (Å²) in [6.07, 6.45) is 87.3. The predicted molar refractivity (Wildman–Crippen MR) is 311 cm³/mol. The Balaban J connectivity index is 4.65. The molecule has 0 fully saturated rings. The fourth-order valence-electron chi connectivity index (χ4n) is 6.65. The van der Waals surface area contributed by atoms with E-state index >= 15 is 0 Å². The average molecular weight is 988 g/mol. The summed E-state index contributed by atoms with van der Waals surface area (Å²) in [4.78, 5) is 38.1. The first-order valence-electron chi connectivity index (χ1n) is 27.9. The highest BCUT2D eigenvalue weighted by atomic mass is 16.6. The van der Waals surface area contributed by atoms with E-state index in [4.69, 9.17) is 14.2 Å². The third-order valence-electron chi connectivity index (χ3n) is 10.7. The highest BCUT2D eigenvalue weighted by molar-refractivity contribution is 5.71. The van der Waals surface area contributed by atoms with Crippen LogP contribution in [0.5, 0.6) is 0 Å². The Morgan fingerprint density at radius 1 is 0.306 bits per heavy atom. The first-order valence-corrected chi connectivity index (χ1v) is 27.9. The van der Waals surface area contributed by atoms with Crippen LogP contribution in [0.2, 0.25) is 0 Å². The lowest BCUT2D eigenvalue weighted by Gasteiger charge is -2.18. The molecule has 0 spiro atoms. The van der Waals surface area contributed by atoms with Crippen molar-refractivity contribution in [2.75, 3.05) is 13.2 Å². The van der Waals surface area contributed by atoms with Crippen LogP contribution >= 0.6 is 0 Å². The fourth-order valence-corrected chi connectivity index (χ4v) is 6.65. The summed E-state index contributed by atoms with van der Waals surface area (Å²) in [6, 6.07) is 0. The fraction of sp³-hybridized carbons (Fsp3) is 0.500. The molecule has 0 aromatic rings. The van der Waals surface area contributed by atoms with Crippen molar-refractivity contribution in [2.24, 2.45) is 0 Å². The summed E-state index contributed by atoms with van der Waals surface area (Å²) < 4.78 is 16.8. The first kappa shape index (κ1) is 66.5. The number of hydrogen-bond donors (Lipinski definition) is 0. The van der Waals surface area contributed by atoms with Gasteiger partial charge in [-0.2, -0.15) is 0 Å². The topological polar surface area (TPSA) is 78.9 Å². The number of ether oxygens (including phenoxy) is 3. The Labute approximate surface area is 440 Å². The number of esters is 3. The molecule has 0 aromatic carbocycles. The zero-order valence-corrected chi connectivity index (χ0v) is 45.4. The molecule has 0 rings (SSSR count). The van der Waals surface area contributed by atoms with Crippen LogP contribution in [0.3, 0.4) is 0 Å². The van der Waals surface area contributed by atoms with Crippen molar-refractivity contribution >= 4 is 17.9 Å². The molecule has 0 heterocycles. The molecule has 0 aliphatic rings. The van der Waals surface area contributed by atoms with Gasteiger partial charge in [0.05, 0.1) is 0 Å². The van der Waals surface area contributed by atoms with Gasteiger partial charge in [-0.05, 0) is 122 Å². The van der Waals surface area contributed by atoms with Crippen LogP contribution in [0, 0.1) is 0 Å². The van der Waals surface area contributed by atoms with Gasteiger partial charge in [0.1, 0.15) is 13.2 Å². The van der Waals surface area contributed by atoms with E-state index in [0.717, 1.165) is 135 Å². The summed E-state index contributed by atoms with van der Waals surface area (Å²) in [5.74, 6) is -1.06. The zero-order valence-electron chi connectivity index (χ0n) is 45.4. The second-order valence-electron chi connectivity index (χ2n) is 17.5. The normalized spacial score (nSPS) is 13.5. The molecule has 6 nitrogen and oxygen atoms in total. The lowest BCUT2D eigenvalue weighted by molar-refractivity contribution is -0.167. The van der Waals surface area contributed by atoms with Gasteiger partial charge in [0.25, 0.3) is 0 Å². The minimum atomic E-state index is -0.841. The van der Waals surface area contributed by atoms with Gasteiger partial charge in [0.15, 0.2) is 6.10 Å². The molecule has 398 valence electrons. The Bertz CT molecular complexity index is 1750. The maximum atomic E-state index is 12.9. The summed E-state index contributed by atoms with van der Waals surface area (Å²) in [5, 5.41) is 0. The molecule has 0 aromatic heterocycles. The second-order valence-corrected chi connectivity index (χ2v) is 17.5. The zero-order chi connectivity index (χ0) is 52.2. The molecule has 0 amide bonds. The Morgan fingerprint density at radius 2 is 0.611 bits per heavy atom. The molecule has 0 bridgehead atoms. The molecule has 0 aliphatic heterocycles. The van der Waals surface area contributed by atoms with E-state index in [1.807, 2.05) is 36.5 Å². The number of allylic oxidation sites excluding steroid dienone is 30. The summed E-state index contributed by atoms with van der Waals surface area (Å²) in [6.45, 7) is 6.19. The monoisotopic (exact) mass is 987 g/mol. The van der Waals surface area contributed by atoms with Gasteiger partial charge in [-0.1, -0.05) is 235 Å². The second kappa shape index (κ2) is 58.1. The summed E-state index contributed by atoms with van der Waals surface area (Å²) >= 11 is 0. The van der Waals surface area contributed by atoms with Crippen LogP contribution in [0.1, 0.15) is 194 Å². The predicted octanol–water partition coefficient (Wildman–Crippen LogP) is 18.9. The number of carbonyl (C=O) groups excluding carboxylic acids is 3. The minimum Gasteiger partial charge on any atom is -0.462 e. The number of carbonyl (C=O) groups is 3. The van der Waals surface area contributed by atoms with E-state index in [1.165, 1.54) is 6.42 Å². The largest absolute Gasteiger partial charge is 0.462 e. The van der Waals surface area contributed by atoms with Gasteiger partial charge in [-0.15, -0.1) is 0 Å². The number of rotatable bonds is 47. The Hall–Kier alpha value is -5.49. The molecule has 1 atom stereocenters. The van der Waals surface area contributed by atoms with Crippen molar-refractivity contribution in [3.63, 3.8) is 0 Å². The van der Waals surface area contributed by atoms with Gasteiger partial charge in [0.2, 0.25) is 0 Å². The van der Waals surface area contributed by atoms with E-state index in [2.05, 4.69) is 167 Å². The molecule has 0 saturated heterocycles. The molecule has 72 heavy (non-hydrogen) atoms. The highest BCUT2D eigenvalue weighted by Gasteiger charge is 2.19. The van der Waals surface area contributed by atoms with E-state index < -0.39 is 6.10 Å². The van der Waals surface area contributed by atoms with Crippen LogP contribution < -0.4 is 0 Å². The van der Waals surface area contributed by atoms with Crippen molar-refractivity contribution in [1.82, 2.24) is 0 Å². The molecule has 0 radical (unpaired) electrons. The van der Waals surface area contributed by atoms with E-state index in [-0.39, 0.29) is 44.0 Å². The highest BCUT2D eigenvalue weighted by Crippen LogP contribution is 2.12. The van der Waals surface area contributed by atoms with E-state index in [1.54, 1.807) is 0 Å². The van der Waals surface area contributed by atoms with Crippen LogP contribution in [0.4, 0.5) is 0 Å². The SMILES string of the molecule is CC/C=C\C/C=C\C/C=C\C/C=C\C/C=C\CCCCCC(=O)OCC(COC(=O)CCC/C=C\C/C=C\C/C=C\C/C=C\C/C=C\CC)OC(=O)CCCCCCC\C=C/C=C\C=C/C=C\C=C/CCC. The third kappa shape index (κ3) is 55.4. The van der Waals surface area contributed by atoms with Gasteiger partial charge in [-0.25, -0.2) is 0 Å². The number of hydrogen-bond acceptors (Lipinski definition) is 6. The van der Waals surface area contributed by atoms with Gasteiger partial charge < -0.3 is 14.2 Å². The maximum absolute atomic E-state index is 12.9. The molecule has 1 unspecified atom stereocenters. The average Bonchev–Trinajstić information content (AvgIpc) is 3.38. The number of unbranched alkanes of at least 4 members (excludes halogenated alkanes) is 10. The Morgan fingerprint density at radius 3 is 1.04 bits per heavy atom. The van der Waals surface area contributed by atoms with Crippen LogP contribution in [0.25, 0.3) is 0 Å². The van der Waals surface area contributed by atoms with Crippen molar-refractivity contribution in [2.45, 2.75) is 200 Å². The smallest absolute Gasteiger partial charge is 0.306 e. The van der Waals surface area contributed by atoms with E-state index in [9.17, 15) is 14.4 Å². The lowest BCUT2D eigenvalue weighted by atomic mass is 10.1. The van der Waals surface area contributed by atoms with Gasteiger partial charge in [-0.3, -0.25) is 14.4 Å². The molecular weight excluding hydrogens is 889 g/mol. The first-order chi connectivity index (χ1) is 35.5. The molecule has 0 N–H and O–H groups in total. The van der Waals surface area contributed by atoms with Crippen molar-refractivity contribution in [3.05, 3.63) is 182 Å². The standard InChI is InChI=1S/C66H98O6/c1-4-7-10-13-16-19-22-25-28-31-33-36-38-41-44-47-50-53-56-59-65(68)71-62-63(61-70-64(67)58-55-52-49-46-43-40-37-34-30-27-24-21-18-15-12-9-6-3)72-66(69)60-57-54-51-48-45-42-39-35-32-29-26-23-20-17-14-11-8-5-2/h7,9-12,14,16-21,23,25-30,32-33,35-37,39-41,44,46,49,63H,4-6,8,13,15,22,24,31,34,38,42-43,45,47-48,50-62H2,1-3H3/b10-7-,12-9-,14-11-,19-16-,20-17-,21-18-,26-23-,28-25-,30-27-,32-29-,36-33-,39-35-,40-37-,44-41-,49-46-. The summed E-state index contributed by atoms with van der Waals surface area (Å²) in [5.41, 5.74) is 0. The van der Waals surface area contributed by atoms with Crippen LogP contribution in [0.15, 0.2) is 182 Å². The lowest BCUT2D eigenvalue weighted by Crippen LogP contribution is -2.30. The summed E-state index contributed by atoms with van der Waals surface area (Å²) in [7, 11) is 0. The van der Waals surface area contributed by atoms with Crippen molar-refractivity contribution in [3.8, 4) is 0 Å². The van der Waals surface area contributed by atoms with Crippen molar-refractivity contribution < 1.29 is 28.6 Å².